The Morgan fingerprint density at radius 1 is 0.450 bits per heavy atom. The summed E-state index contributed by atoms with van der Waals surface area (Å²) in [6, 6.07) is 5.71. The van der Waals surface area contributed by atoms with Crippen molar-refractivity contribution >= 4 is 0 Å². The Hall–Kier alpha value is -0.160. The first-order valence-corrected chi connectivity index (χ1v) is 17.4. The minimum atomic E-state index is 0.613. The van der Waals surface area contributed by atoms with Gasteiger partial charge in [0.15, 0.2) is 0 Å². The molecule has 0 radical (unpaired) electrons. The zero-order chi connectivity index (χ0) is 31.7. The molecular formula is C36H80N4. The van der Waals surface area contributed by atoms with Crippen LogP contribution in [0.15, 0.2) is 0 Å². The molecule has 4 atom stereocenters. The molecule has 2 unspecified atom stereocenters. The van der Waals surface area contributed by atoms with Crippen molar-refractivity contribution in [3.05, 3.63) is 0 Å². The highest BCUT2D eigenvalue weighted by Crippen LogP contribution is 2.26. The first-order valence-electron chi connectivity index (χ1n) is 17.4. The maximum atomic E-state index is 3.44. The lowest BCUT2D eigenvalue weighted by atomic mass is 10.0. The highest BCUT2D eigenvalue weighted by Gasteiger charge is 2.29. The predicted molar refractivity (Wildman–Crippen MR) is 185 cm³/mol. The SMILES string of the molecule is CC(C)C1CCCN1C(C)C.CC(C)NC(C)C(C)C.CC(C)N[C@@H](C)C(C)C.CC(C)[C@@H]1CCCN1C(C)C. The van der Waals surface area contributed by atoms with Crippen LogP contribution in [0.2, 0.25) is 0 Å². The first-order chi connectivity index (χ1) is 18.3. The molecule has 0 amide bonds. The standard InChI is InChI=1S/2C10H21N.2C8H19N/c2*1-8(2)10-6-5-7-11(10)9(3)4;2*1-6(2)8(5)9-7(3)4/h2*8-10H,5-7H2,1-4H3;2*6-9H,1-5H3/t10-;;8-;/m0.0./s1. The van der Waals surface area contributed by atoms with E-state index in [0.717, 1.165) is 47.8 Å². The summed E-state index contributed by atoms with van der Waals surface area (Å²) in [7, 11) is 0. The maximum Gasteiger partial charge on any atom is 0.0121 e. The molecule has 0 saturated carbocycles. The van der Waals surface area contributed by atoms with E-state index in [1.165, 1.54) is 38.8 Å². The lowest BCUT2D eigenvalue weighted by molar-refractivity contribution is 0.166. The van der Waals surface area contributed by atoms with Crippen LogP contribution in [0.4, 0.5) is 0 Å². The normalized spacial score (nSPS) is 21.8. The molecule has 2 N–H and O–H groups in total. The second-order valence-corrected chi connectivity index (χ2v) is 15.3. The fraction of sp³-hybridized carbons (Fsp3) is 1.00. The van der Waals surface area contributed by atoms with Crippen LogP contribution >= 0.6 is 0 Å². The van der Waals surface area contributed by atoms with Crippen molar-refractivity contribution in [2.75, 3.05) is 13.1 Å². The summed E-state index contributed by atoms with van der Waals surface area (Å²) in [5.41, 5.74) is 0. The van der Waals surface area contributed by atoms with Gasteiger partial charge in [0.2, 0.25) is 0 Å². The van der Waals surface area contributed by atoms with Crippen molar-refractivity contribution in [1.29, 1.82) is 0 Å². The largest absolute Gasteiger partial charge is 0.312 e. The molecule has 0 aromatic heterocycles. The van der Waals surface area contributed by atoms with Crippen molar-refractivity contribution < 1.29 is 0 Å². The number of hydrogen-bond donors (Lipinski definition) is 2. The fourth-order valence-corrected chi connectivity index (χ4v) is 5.78. The Bertz CT molecular complexity index is 489. The van der Waals surface area contributed by atoms with E-state index in [2.05, 4.69) is 145 Å². The van der Waals surface area contributed by atoms with Gasteiger partial charge in [-0.05, 0) is 104 Å². The van der Waals surface area contributed by atoms with Crippen LogP contribution in [0, 0.1) is 23.7 Å². The van der Waals surface area contributed by atoms with Gasteiger partial charge in [0.1, 0.15) is 0 Å². The average Bonchev–Trinajstić information content (AvgIpc) is 3.50. The molecule has 2 saturated heterocycles. The Balaban J connectivity index is 0. The summed E-state index contributed by atoms with van der Waals surface area (Å²) in [5.74, 6) is 3.15. The summed E-state index contributed by atoms with van der Waals surface area (Å²) in [5, 5.41) is 6.88. The van der Waals surface area contributed by atoms with Gasteiger partial charge >= 0.3 is 0 Å². The van der Waals surface area contributed by atoms with Crippen molar-refractivity contribution in [3.63, 3.8) is 0 Å². The summed E-state index contributed by atoms with van der Waals surface area (Å²) in [6.07, 6.45) is 5.63. The molecule has 2 aliphatic rings. The average molecular weight is 569 g/mol. The summed E-state index contributed by atoms with van der Waals surface area (Å²) >= 11 is 0. The van der Waals surface area contributed by atoms with E-state index in [-0.39, 0.29) is 0 Å². The predicted octanol–water partition coefficient (Wildman–Crippen LogP) is 9.09. The van der Waals surface area contributed by atoms with Gasteiger partial charge in [-0.1, -0.05) is 83.1 Å². The number of likely N-dealkylation sites (tertiary alicyclic amines) is 2. The van der Waals surface area contributed by atoms with Crippen LogP contribution in [0.25, 0.3) is 0 Å². The van der Waals surface area contributed by atoms with E-state index in [1.54, 1.807) is 0 Å². The minimum absolute atomic E-state index is 0.613. The van der Waals surface area contributed by atoms with E-state index in [9.17, 15) is 0 Å². The molecule has 2 heterocycles. The number of nitrogens with zero attached hydrogens (tertiary/aromatic N) is 2. The molecule has 4 heteroatoms. The molecule has 2 fully saturated rings. The number of hydrogen-bond acceptors (Lipinski definition) is 4. The van der Waals surface area contributed by atoms with E-state index in [4.69, 9.17) is 0 Å². The lowest BCUT2D eigenvalue weighted by Gasteiger charge is -2.30. The quantitative estimate of drug-likeness (QED) is 0.275. The van der Waals surface area contributed by atoms with Gasteiger partial charge in [0.05, 0.1) is 0 Å². The molecule has 244 valence electrons. The van der Waals surface area contributed by atoms with E-state index in [1.807, 2.05) is 0 Å². The molecule has 0 aromatic carbocycles. The maximum absolute atomic E-state index is 3.44. The molecule has 40 heavy (non-hydrogen) atoms. The Morgan fingerprint density at radius 3 is 0.850 bits per heavy atom. The van der Waals surface area contributed by atoms with Crippen molar-refractivity contribution in [1.82, 2.24) is 20.4 Å². The Labute approximate surface area is 255 Å². The summed E-state index contributed by atoms with van der Waals surface area (Å²) < 4.78 is 0. The van der Waals surface area contributed by atoms with Crippen molar-refractivity contribution in [2.45, 2.75) is 199 Å². The smallest absolute Gasteiger partial charge is 0.0121 e. The van der Waals surface area contributed by atoms with Crippen molar-refractivity contribution in [3.8, 4) is 0 Å². The number of rotatable bonds is 10. The van der Waals surface area contributed by atoms with E-state index < -0.39 is 0 Å². The summed E-state index contributed by atoms with van der Waals surface area (Å²) in [4.78, 5) is 5.29. The van der Waals surface area contributed by atoms with Gasteiger partial charge in [0.25, 0.3) is 0 Å². The van der Waals surface area contributed by atoms with Crippen LogP contribution in [0.5, 0.6) is 0 Å². The molecule has 2 aliphatic heterocycles. The molecular weight excluding hydrogens is 488 g/mol. The van der Waals surface area contributed by atoms with E-state index >= 15 is 0 Å². The minimum Gasteiger partial charge on any atom is -0.312 e. The molecule has 2 rings (SSSR count). The lowest BCUT2D eigenvalue weighted by Crippen LogP contribution is -2.38. The molecule has 0 spiro atoms. The number of nitrogens with one attached hydrogen (secondary N) is 2. The van der Waals surface area contributed by atoms with Gasteiger partial charge in [-0.3, -0.25) is 9.80 Å². The van der Waals surface area contributed by atoms with Crippen LogP contribution in [0.1, 0.15) is 150 Å². The zero-order valence-corrected chi connectivity index (χ0v) is 31.1. The summed E-state index contributed by atoms with van der Waals surface area (Å²) in [6.45, 7) is 43.3. The van der Waals surface area contributed by atoms with Gasteiger partial charge in [-0.25, -0.2) is 0 Å². The molecule has 4 nitrogen and oxygen atoms in total. The molecule has 0 aliphatic carbocycles. The van der Waals surface area contributed by atoms with Gasteiger partial charge in [0, 0.05) is 48.3 Å². The third-order valence-electron chi connectivity index (χ3n) is 8.74. The van der Waals surface area contributed by atoms with Crippen LogP contribution in [-0.2, 0) is 0 Å². The van der Waals surface area contributed by atoms with Gasteiger partial charge in [-0.15, -0.1) is 0 Å². The third kappa shape index (κ3) is 19.1. The molecule has 0 aromatic rings. The van der Waals surface area contributed by atoms with Gasteiger partial charge in [-0.2, -0.15) is 0 Å². The zero-order valence-electron chi connectivity index (χ0n) is 31.1. The molecule has 0 bridgehead atoms. The first kappa shape index (κ1) is 42.0. The topological polar surface area (TPSA) is 30.5 Å². The highest BCUT2D eigenvalue weighted by molar-refractivity contribution is 4.84. The Morgan fingerprint density at radius 2 is 0.725 bits per heavy atom. The highest BCUT2D eigenvalue weighted by atomic mass is 15.2. The van der Waals surface area contributed by atoms with E-state index in [0.29, 0.717) is 24.2 Å². The second kappa shape index (κ2) is 22.4. The third-order valence-corrected chi connectivity index (χ3v) is 8.74. The van der Waals surface area contributed by atoms with Crippen LogP contribution < -0.4 is 10.6 Å². The van der Waals surface area contributed by atoms with Gasteiger partial charge < -0.3 is 10.6 Å². The Kier molecular flexibility index (Phi) is 23.5. The second-order valence-electron chi connectivity index (χ2n) is 15.3. The fourth-order valence-electron chi connectivity index (χ4n) is 5.78. The van der Waals surface area contributed by atoms with Crippen molar-refractivity contribution in [2.24, 2.45) is 23.7 Å². The van der Waals surface area contributed by atoms with Crippen LogP contribution in [-0.4, -0.2) is 71.2 Å². The monoisotopic (exact) mass is 569 g/mol. The van der Waals surface area contributed by atoms with Crippen LogP contribution in [0.3, 0.4) is 0 Å².